The van der Waals surface area contributed by atoms with Crippen molar-refractivity contribution in [1.29, 1.82) is 0 Å². The summed E-state index contributed by atoms with van der Waals surface area (Å²) in [5.41, 5.74) is 3.93. The number of anilines is 2. The van der Waals surface area contributed by atoms with Crippen LogP contribution >= 0.6 is 11.6 Å². The lowest BCUT2D eigenvalue weighted by Crippen LogP contribution is -2.28. The monoisotopic (exact) mass is 379 g/mol. The van der Waals surface area contributed by atoms with Gasteiger partial charge in [0.25, 0.3) is 0 Å². The Labute approximate surface area is 161 Å². The van der Waals surface area contributed by atoms with Gasteiger partial charge in [0.1, 0.15) is 0 Å². The molecule has 136 valence electrons. The quantitative estimate of drug-likeness (QED) is 0.573. The molecular weight excluding hydrogens is 362 g/mol. The van der Waals surface area contributed by atoms with Gasteiger partial charge in [-0.3, -0.25) is 9.99 Å². The lowest BCUT2D eigenvalue weighted by molar-refractivity contribution is 0.588. The highest BCUT2D eigenvalue weighted by molar-refractivity contribution is 6.31. The molecule has 1 N–H and O–H groups in total. The van der Waals surface area contributed by atoms with Crippen LogP contribution in [0.5, 0.6) is 0 Å². The fourth-order valence-electron chi connectivity index (χ4n) is 2.95. The number of pyridine rings is 1. The number of nitrogens with one attached hydrogen (secondary N) is 1. The molecule has 0 spiro atoms. The third-order valence-electron chi connectivity index (χ3n) is 4.17. The Morgan fingerprint density at radius 2 is 2.00 bits per heavy atom. The third-order valence-corrected chi connectivity index (χ3v) is 4.40. The molecule has 4 aromatic rings. The van der Waals surface area contributed by atoms with Crippen LogP contribution in [0.4, 0.5) is 11.4 Å². The van der Waals surface area contributed by atoms with Crippen molar-refractivity contribution in [2.45, 2.75) is 6.42 Å². The van der Waals surface area contributed by atoms with Crippen molar-refractivity contribution in [2.75, 3.05) is 24.4 Å². The molecule has 2 heterocycles. The van der Waals surface area contributed by atoms with Crippen molar-refractivity contribution < 1.29 is 0 Å². The largest absolute Gasteiger partial charge is 0.355 e. The Hall–Kier alpha value is -3.19. The second kappa shape index (κ2) is 7.20. The third kappa shape index (κ3) is 3.68. The summed E-state index contributed by atoms with van der Waals surface area (Å²) < 4.78 is 0. The predicted molar refractivity (Wildman–Crippen MR) is 107 cm³/mol. The molecule has 0 aliphatic rings. The maximum absolute atomic E-state index is 6.07. The lowest BCUT2D eigenvalue weighted by atomic mass is 10.1. The molecule has 2 aromatic heterocycles. The first-order valence-corrected chi connectivity index (χ1v) is 8.83. The second-order valence-electron chi connectivity index (χ2n) is 6.35. The molecule has 2 aromatic carbocycles. The second-order valence-corrected chi connectivity index (χ2v) is 6.79. The fourth-order valence-corrected chi connectivity index (χ4v) is 3.11. The zero-order valence-corrected chi connectivity index (χ0v) is 15.7. The van der Waals surface area contributed by atoms with Crippen LogP contribution in [-0.4, -0.2) is 39.4 Å². The Balaban J connectivity index is 1.61. The Morgan fingerprint density at radius 3 is 2.85 bits per heavy atom. The van der Waals surface area contributed by atoms with Gasteiger partial charge in [0.2, 0.25) is 0 Å². The van der Waals surface area contributed by atoms with Gasteiger partial charge in [0, 0.05) is 48.5 Å². The van der Waals surface area contributed by atoms with E-state index in [1.807, 2.05) is 55.5 Å². The van der Waals surface area contributed by atoms with Crippen LogP contribution in [0.1, 0.15) is 11.4 Å². The molecule has 0 aliphatic carbocycles. The summed E-state index contributed by atoms with van der Waals surface area (Å²) >= 11 is 6.07. The van der Waals surface area contributed by atoms with Crippen LogP contribution in [-0.2, 0) is 6.42 Å². The van der Waals surface area contributed by atoms with Crippen LogP contribution in [0.25, 0.3) is 10.9 Å². The van der Waals surface area contributed by atoms with Gasteiger partial charge < -0.3 is 5.32 Å². The summed E-state index contributed by atoms with van der Waals surface area (Å²) in [5, 5.41) is 18.9. The molecule has 4 rings (SSSR count). The van der Waals surface area contributed by atoms with E-state index in [9.17, 15) is 0 Å². The highest BCUT2D eigenvalue weighted by atomic mass is 35.5. The SMILES string of the molecule is CN(C)n1nnnc1Cc1cccc(Nc2ccnc3cc(Cl)ccc23)c1. The van der Waals surface area contributed by atoms with Crippen molar-refractivity contribution in [2.24, 2.45) is 0 Å². The molecule has 0 aliphatic heterocycles. The highest BCUT2D eigenvalue weighted by Crippen LogP contribution is 2.27. The molecule has 0 unspecified atom stereocenters. The van der Waals surface area contributed by atoms with E-state index in [-0.39, 0.29) is 0 Å². The van der Waals surface area contributed by atoms with E-state index in [1.165, 1.54) is 0 Å². The smallest absolute Gasteiger partial charge is 0.178 e. The van der Waals surface area contributed by atoms with Gasteiger partial charge in [0.15, 0.2) is 5.82 Å². The number of tetrazole rings is 1. The lowest BCUT2D eigenvalue weighted by Gasteiger charge is -2.14. The topological polar surface area (TPSA) is 71.8 Å². The van der Waals surface area contributed by atoms with Crippen LogP contribution in [0.3, 0.4) is 0 Å². The number of aromatic nitrogens is 5. The van der Waals surface area contributed by atoms with Gasteiger partial charge in [-0.05, 0) is 52.4 Å². The Morgan fingerprint density at radius 1 is 1.11 bits per heavy atom. The van der Waals surface area contributed by atoms with Gasteiger partial charge in [0.05, 0.1) is 5.52 Å². The van der Waals surface area contributed by atoms with Crippen molar-refractivity contribution in [3.05, 3.63) is 71.1 Å². The molecule has 0 saturated carbocycles. The maximum atomic E-state index is 6.07. The molecule has 0 amide bonds. The summed E-state index contributed by atoms with van der Waals surface area (Å²) in [6.07, 6.45) is 2.41. The van der Waals surface area contributed by atoms with E-state index >= 15 is 0 Å². The number of fused-ring (bicyclic) bond motifs is 1. The van der Waals surface area contributed by atoms with Gasteiger partial charge >= 0.3 is 0 Å². The first-order chi connectivity index (χ1) is 13.1. The number of rotatable bonds is 5. The standard InChI is InChI=1S/C19H18ClN7/c1-26(2)27-19(23-24-25-27)11-13-4-3-5-15(10-13)22-17-8-9-21-18-12-14(20)6-7-16(17)18/h3-10,12H,11H2,1-2H3,(H,21,22). The predicted octanol–water partition coefficient (Wildman–Crippen LogP) is 3.41. The first-order valence-electron chi connectivity index (χ1n) is 8.45. The summed E-state index contributed by atoms with van der Waals surface area (Å²) in [7, 11) is 3.80. The maximum Gasteiger partial charge on any atom is 0.178 e. The van der Waals surface area contributed by atoms with Crippen molar-refractivity contribution in [1.82, 2.24) is 25.3 Å². The van der Waals surface area contributed by atoms with E-state index in [0.717, 1.165) is 33.7 Å². The van der Waals surface area contributed by atoms with Gasteiger partial charge in [-0.1, -0.05) is 23.7 Å². The molecule has 8 heteroatoms. The van der Waals surface area contributed by atoms with Crippen LogP contribution in [0, 0.1) is 0 Å². The van der Waals surface area contributed by atoms with E-state index in [2.05, 4.69) is 38.0 Å². The van der Waals surface area contributed by atoms with Gasteiger partial charge in [-0.25, -0.2) is 0 Å². The van der Waals surface area contributed by atoms with Crippen molar-refractivity contribution in [3.63, 3.8) is 0 Å². The van der Waals surface area contributed by atoms with E-state index in [4.69, 9.17) is 11.6 Å². The molecule has 0 bridgehead atoms. The molecule has 0 saturated heterocycles. The molecule has 0 radical (unpaired) electrons. The Kier molecular flexibility index (Phi) is 4.60. The van der Waals surface area contributed by atoms with E-state index in [0.29, 0.717) is 11.4 Å². The minimum absolute atomic E-state index is 0.632. The van der Waals surface area contributed by atoms with Crippen LogP contribution in [0.2, 0.25) is 5.02 Å². The van der Waals surface area contributed by atoms with E-state index < -0.39 is 0 Å². The normalized spacial score (nSPS) is 10.9. The van der Waals surface area contributed by atoms with Crippen LogP contribution < -0.4 is 10.3 Å². The summed E-state index contributed by atoms with van der Waals surface area (Å²) in [5.74, 6) is 0.779. The first kappa shape index (κ1) is 17.2. The van der Waals surface area contributed by atoms with E-state index in [1.54, 1.807) is 11.0 Å². The minimum Gasteiger partial charge on any atom is -0.355 e. The van der Waals surface area contributed by atoms with Crippen molar-refractivity contribution >= 4 is 33.9 Å². The molecular formula is C19H18ClN7. The summed E-state index contributed by atoms with van der Waals surface area (Å²) in [6.45, 7) is 0. The number of hydrogen-bond donors (Lipinski definition) is 1. The number of hydrogen-bond acceptors (Lipinski definition) is 6. The number of nitrogens with zero attached hydrogens (tertiary/aromatic N) is 6. The Bertz CT molecular complexity index is 1090. The minimum atomic E-state index is 0.632. The molecule has 0 atom stereocenters. The average molecular weight is 380 g/mol. The fraction of sp³-hybridized carbons (Fsp3) is 0.158. The van der Waals surface area contributed by atoms with Crippen LogP contribution in [0.15, 0.2) is 54.7 Å². The highest BCUT2D eigenvalue weighted by Gasteiger charge is 2.09. The van der Waals surface area contributed by atoms with Gasteiger partial charge in [-0.15, -0.1) is 9.89 Å². The average Bonchev–Trinajstić information content (AvgIpc) is 3.10. The zero-order valence-electron chi connectivity index (χ0n) is 15.0. The molecule has 7 nitrogen and oxygen atoms in total. The zero-order chi connectivity index (χ0) is 18.8. The molecule has 27 heavy (non-hydrogen) atoms. The molecule has 0 fully saturated rings. The number of benzene rings is 2. The summed E-state index contributed by atoms with van der Waals surface area (Å²) in [6, 6.07) is 15.9. The van der Waals surface area contributed by atoms with Crippen molar-refractivity contribution in [3.8, 4) is 0 Å². The van der Waals surface area contributed by atoms with Gasteiger partial charge in [-0.2, -0.15) is 0 Å². The summed E-state index contributed by atoms with van der Waals surface area (Å²) in [4.78, 5) is 6.06. The number of halogens is 1.